The van der Waals surface area contributed by atoms with Gasteiger partial charge in [-0.25, -0.2) is 4.79 Å². The molecule has 2 aromatic carbocycles. The molecule has 0 aliphatic heterocycles. The molecule has 144 valence electrons. The molecule has 1 atom stereocenters. The summed E-state index contributed by atoms with van der Waals surface area (Å²) in [6.07, 6.45) is 2.13. The van der Waals surface area contributed by atoms with Crippen molar-refractivity contribution in [3.8, 4) is 5.75 Å². The second-order valence-corrected chi connectivity index (χ2v) is 6.69. The van der Waals surface area contributed by atoms with Crippen LogP contribution in [0.1, 0.15) is 49.0 Å². The molecule has 5 heteroatoms. The summed E-state index contributed by atoms with van der Waals surface area (Å²) in [6, 6.07) is 14.1. The highest BCUT2D eigenvalue weighted by molar-refractivity contribution is 6.30. The third-order valence-electron chi connectivity index (χ3n) is 4.10. The largest absolute Gasteiger partial charge is 0.479 e. The van der Waals surface area contributed by atoms with Crippen molar-refractivity contribution in [1.82, 2.24) is 0 Å². The van der Waals surface area contributed by atoms with Crippen LogP contribution in [-0.2, 0) is 16.0 Å². The third kappa shape index (κ3) is 6.72. The molecule has 0 aliphatic carbocycles. The number of esters is 1. The van der Waals surface area contributed by atoms with E-state index in [9.17, 15) is 9.59 Å². The molecule has 0 saturated heterocycles. The van der Waals surface area contributed by atoms with Gasteiger partial charge in [-0.2, -0.15) is 0 Å². The van der Waals surface area contributed by atoms with Gasteiger partial charge in [-0.05, 0) is 61.7 Å². The Morgan fingerprint density at radius 3 is 2.26 bits per heavy atom. The Balaban J connectivity index is 2.00. The molecule has 0 heterocycles. The second kappa shape index (κ2) is 10.7. The molecule has 0 spiro atoms. The number of Topliss-reactive ketones (excluding diaryl/α,β-unsaturated/α-hetero) is 1. The maximum absolute atomic E-state index is 12.4. The van der Waals surface area contributed by atoms with Crippen LogP contribution in [0.2, 0.25) is 5.02 Å². The summed E-state index contributed by atoms with van der Waals surface area (Å²) in [4.78, 5) is 24.5. The number of ketones is 1. The molecule has 0 aromatic heterocycles. The summed E-state index contributed by atoms with van der Waals surface area (Å²) in [5.74, 6) is 0.206. The van der Waals surface area contributed by atoms with Crippen molar-refractivity contribution >= 4 is 23.4 Å². The lowest BCUT2D eigenvalue weighted by molar-refractivity contribution is -0.151. The van der Waals surface area contributed by atoms with Gasteiger partial charge in [0.1, 0.15) is 5.75 Å². The van der Waals surface area contributed by atoms with Crippen LogP contribution in [0, 0.1) is 0 Å². The van der Waals surface area contributed by atoms with Gasteiger partial charge in [-0.3, -0.25) is 4.79 Å². The van der Waals surface area contributed by atoms with Gasteiger partial charge in [0.15, 0.2) is 11.9 Å². The van der Waals surface area contributed by atoms with Gasteiger partial charge in [-0.15, -0.1) is 0 Å². The topological polar surface area (TPSA) is 52.6 Å². The zero-order valence-corrected chi connectivity index (χ0v) is 16.5. The molecule has 2 rings (SSSR count). The summed E-state index contributed by atoms with van der Waals surface area (Å²) in [7, 11) is 0. The van der Waals surface area contributed by atoms with E-state index in [2.05, 4.69) is 6.92 Å². The molecule has 0 saturated carbocycles. The predicted molar refractivity (Wildman–Crippen MR) is 107 cm³/mol. The van der Waals surface area contributed by atoms with E-state index in [1.165, 1.54) is 0 Å². The van der Waals surface area contributed by atoms with Gasteiger partial charge in [0.05, 0.1) is 6.61 Å². The molecule has 0 radical (unpaired) electrons. The van der Waals surface area contributed by atoms with Crippen molar-refractivity contribution in [3.63, 3.8) is 0 Å². The average Bonchev–Trinajstić information content (AvgIpc) is 2.67. The average molecular weight is 389 g/mol. The van der Waals surface area contributed by atoms with Crippen molar-refractivity contribution in [1.29, 1.82) is 0 Å². The minimum atomic E-state index is -0.625. The zero-order valence-electron chi connectivity index (χ0n) is 15.7. The van der Waals surface area contributed by atoms with Crippen LogP contribution in [0.15, 0.2) is 48.5 Å². The van der Waals surface area contributed by atoms with Gasteiger partial charge in [-0.1, -0.05) is 37.1 Å². The first-order chi connectivity index (χ1) is 13.0. The van der Waals surface area contributed by atoms with Crippen molar-refractivity contribution in [2.75, 3.05) is 6.61 Å². The minimum Gasteiger partial charge on any atom is -0.479 e. The Morgan fingerprint density at radius 2 is 1.67 bits per heavy atom. The molecule has 0 fully saturated rings. The SMILES string of the molecule is CCCCC(Oc1ccc(C(=O)Cc2ccc(Cl)cc2)cc1)C(=O)OCC. The minimum absolute atomic E-state index is 0.0109. The van der Waals surface area contributed by atoms with E-state index < -0.39 is 6.10 Å². The molecule has 0 amide bonds. The van der Waals surface area contributed by atoms with Gasteiger partial charge < -0.3 is 9.47 Å². The van der Waals surface area contributed by atoms with Crippen LogP contribution in [0.3, 0.4) is 0 Å². The first kappa shape index (κ1) is 21.0. The fourth-order valence-electron chi connectivity index (χ4n) is 2.62. The maximum atomic E-state index is 12.4. The first-order valence-corrected chi connectivity index (χ1v) is 9.62. The van der Waals surface area contributed by atoms with Crippen LogP contribution in [0.25, 0.3) is 0 Å². The standard InChI is InChI=1S/C22H25ClO4/c1-3-5-6-21(22(25)26-4-2)27-19-13-9-17(10-14-19)20(24)15-16-7-11-18(23)12-8-16/h7-14,21H,3-6,15H2,1-2H3. The fourth-order valence-corrected chi connectivity index (χ4v) is 2.75. The summed E-state index contributed by atoms with van der Waals surface area (Å²) >= 11 is 5.87. The van der Waals surface area contributed by atoms with E-state index in [1.807, 2.05) is 12.1 Å². The Bertz CT molecular complexity index is 738. The number of rotatable bonds is 10. The van der Waals surface area contributed by atoms with E-state index in [-0.39, 0.29) is 11.8 Å². The smallest absolute Gasteiger partial charge is 0.347 e. The van der Waals surface area contributed by atoms with Gasteiger partial charge >= 0.3 is 5.97 Å². The first-order valence-electron chi connectivity index (χ1n) is 9.24. The van der Waals surface area contributed by atoms with Gasteiger partial charge in [0.2, 0.25) is 0 Å². The van der Waals surface area contributed by atoms with Crippen LogP contribution < -0.4 is 4.74 Å². The van der Waals surface area contributed by atoms with E-state index in [0.29, 0.717) is 35.8 Å². The molecule has 4 nitrogen and oxygen atoms in total. The molecule has 1 unspecified atom stereocenters. The number of halogens is 1. The van der Waals surface area contributed by atoms with Gasteiger partial charge in [0, 0.05) is 17.0 Å². The number of hydrogen-bond donors (Lipinski definition) is 0. The van der Waals surface area contributed by atoms with Gasteiger partial charge in [0.25, 0.3) is 0 Å². The number of carbonyl (C=O) groups excluding carboxylic acids is 2. The predicted octanol–water partition coefficient (Wildman–Crippen LogP) is 5.27. The van der Waals surface area contributed by atoms with Crippen molar-refractivity contribution in [3.05, 3.63) is 64.7 Å². The maximum Gasteiger partial charge on any atom is 0.347 e. The molecule has 0 N–H and O–H groups in total. The Hall–Kier alpha value is -2.33. The summed E-state index contributed by atoms with van der Waals surface area (Å²) in [6.45, 7) is 4.15. The number of unbranched alkanes of at least 4 members (excludes halogenated alkanes) is 1. The van der Waals surface area contributed by atoms with E-state index in [4.69, 9.17) is 21.1 Å². The van der Waals surface area contributed by atoms with Crippen LogP contribution in [0.4, 0.5) is 0 Å². The summed E-state index contributed by atoms with van der Waals surface area (Å²) < 4.78 is 10.9. The summed E-state index contributed by atoms with van der Waals surface area (Å²) in [5, 5.41) is 0.645. The van der Waals surface area contributed by atoms with Crippen molar-refractivity contribution < 1.29 is 19.1 Å². The zero-order chi connectivity index (χ0) is 19.6. The second-order valence-electron chi connectivity index (χ2n) is 6.25. The Kier molecular flexibility index (Phi) is 8.34. The number of benzene rings is 2. The highest BCUT2D eigenvalue weighted by atomic mass is 35.5. The monoisotopic (exact) mass is 388 g/mol. The quantitative estimate of drug-likeness (QED) is 0.411. The van der Waals surface area contributed by atoms with Crippen LogP contribution >= 0.6 is 11.6 Å². The molecular formula is C22H25ClO4. The normalized spacial score (nSPS) is 11.7. The molecule has 0 aliphatic rings. The molecule has 2 aromatic rings. The molecule has 27 heavy (non-hydrogen) atoms. The lowest BCUT2D eigenvalue weighted by Crippen LogP contribution is -2.29. The van der Waals surface area contributed by atoms with Crippen LogP contribution in [-0.4, -0.2) is 24.5 Å². The van der Waals surface area contributed by atoms with Crippen LogP contribution in [0.5, 0.6) is 5.75 Å². The van der Waals surface area contributed by atoms with Crippen molar-refractivity contribution in [2.24, 2.45) is 0 Å². The molecule has 0 bridgehead atoms. The highest BCUT2D eigenvalue weighted by Gasteiger charge is 2.21. The lowest BCUT2D eigenvalue weighted by atomic mass is 10.0. The number of ether oxygens (including phenoxy) is 2. The Labute approximate surface area is 165 Å². The third-order valence-corrected chi connectivity index (χ3v) is 4.35. The number of hydrogen-bond acceptors (Lipinski definition) is 4. The molecular weight excluding hydrogens is 364 g/mol. The number of carbonyl (C=O) groups is 2. The van der Waals surface area contributed by atoms with Crippen molar-refractivity contribution in [2.45, 2.75) is 45.6 Å². The Morgan fingerprint density at radius 1 is 1.00 bits per heavy atom. The lowest BCUT2D eigenvalue weighted by Gasteiger charge is -2.17. The van der Waals surface area contributed by atoms with E-state index in [1.54, 1.807) is 43.3 Å². The fraction of sp³-hybridized carbons (Fsp3) is 0.364. The summed E-state index contributed by atoms with van der Waals surface area (Å²) in [5.41, 5.74) is 1.50. The van der Waals surface area contributed by atoms with E-state index >= 15 is 0 Å². The highest BCUT2D eigenvalue weighted by Crippen LogP contribution is 2.19. The van der Waals surface area contributed by atoms with E-state index in [0.717, 1.165) is 18.4 Å².